The molecule has 0 aromatic carbocycles. The van der Waals surface area contributed by atoms with Gasteiger partial charge in [0.15, 0.2) is 11.6 Å². The standard InChI is InChI=1S/C10H12N4O/c1-2-6-15-9-4-3-5-12-10(9)14-8-11-7-13-14/h3-5,7-8H,2,6H2,1H3. The lowest BCUT2D eigenvalue weighted by atomic mass is 10.4. The number of ether oxygens (including phenoxy) is 1. The average Bonchev–Trinajstić information content (AvgIpc) is 2.80. The van der Waals surface area contributed by atoms with Gasteiger partial charge in [0, 0.05) is 6.20 Å². The largest absolute Gasteiger partial charge is 0.490 e. The van der Waals surface area contributed by atoms with Crippen LogP contribution in [-0.4, -0.2) is 26.4 Å². The maximum absolute atomic E-state index is 5.56. The lowest BCUT2D eigenvalue weighted by Gasteiger charge is -2.08. The van der Waals surface area contributed by atoms with E-state index in [2.05, 4.69) is 22.0 Å². The number of hydrogen-bond acceptors (Lipinski definition) is 4. The van der Waals surface area contributed by atoms with E-state index in [0.29, 0.717) is 12.4 Å². The van der Waals surface area contributed by atoms with Crippen LogP contribution in [0.1, 0.15) is 13.3 Å². The van der Waals surface area contributed by atoms with E-state index in [1.165, 1.54) is 6.33 Å². The molecule has 0 aliphatic carbocycles. The molecule has 2 aromatic rings. The van der Waals surface area contributed by atoms with Gasteiger partial charge in [-0.1, -0.05) is 6.92 Å². The quantitative estimate of drug-likeness (QED) is 0.756. The molecule has 2 aromatic heterocycles. The third-order valence-electron chi connectivity index (χ3n) is 1.85. The van der Waals surface area contributed by atoms with Crippen LogP contribution in [0.2, 0.25) is 0 Å². The Kier molecular flexibility index (Phi) is 2.92. The van der Waals surface area contributed by atoms with Crippen LogP contribution in [0.3, 0.4) is 0 Å². The van der Waals surface area contributed by atoms with Crippen molar-refractivity contribution < 1.29 is 4.74 Å². The minimum Gasteiger partial charge on any atom is -0.490 e. The van der Waals surface area contributed by atoms with Crippen LogP contribution in [0.5, 0.6) is 5.75 Å². The van der Waals surface area contributed by atoms with Gasteiger partial charge in [0.2, 0.25) is 0 Å². The summed E-state index contributed by atoms with van der Waals surface area (Å²) in [5.41, 5.74) is 0. The molecule has 2 rings (SSSR count). The Bertz CT molecular complexity index is 413. The SMILES string of the molecule is CCCOc1cccnc1-n1cncn1. The van der Waals surface area contributed by atoms with E-state index in [1.807, 2.05) is 12.1 Å². The Balaban J connectivity index is 2.30. The first kappa shape index (κ1) is 9.64. The minimum atomic E-state index is 0.670. The van der Waals surface area contributed by atoms with Crippen LogP contribution in [0.4, 0.5) is 0 Å². The van der Waals surface area contributed by atoms with Crippen LogP contribution in [-0.2, 0) is 0 Å². The fraction of sp³-hybridized carbons (Fsp3) is 0.300. The van der Waals surface area contributed by atoms with Crippen LogP contribution < -0.4 is 4.74 Å². The Morgan fingerprint density at radius 3 is 3.13 bits per heavy atom. The molecular weight excluding hydrogens is 192 g/mol. The van der Waals surface area contributed by atoms with E-state index in [1.54, 1.807) is 17.2 Å². The van der Waals surface area contributed by atoms with Crippen molar-refractivity contribution >= 4 is 0 Å². The molecule has 0 N–H and O–H groups in total. The van der Waals surface area contributed by atoms with Gasteiger partial charge in [-0.3, -0.25) is 0 Å². The van der Waals surface area contributed by atoms with E-state index in [9.17, 15) is 0 Å². The lowest BCUT2D eigenvalue weighted by Crippen LogP contribution is -2.04. The molecule has 0 saturated carbocycles. The summed E-state index contributed by atoms with van der Waals surface area (Å²) in [6.45, 7) is 2.74. The lowest BCUT2D eigenvalue weighted by molar-refractivity contribution is 0.314. The molecule has 0 fully saturated rings. The number of pyridine rings is 1. The molecule has 5 heteroatoms. The molecule has 0 radical (unpaired) electrons. The topological polar surface area (TPSA) is 52.8 Å². The van der Waals surface area contributed by atoms with Gasteiger partial charge in [-0.25, -0.2) is 9.97 Å². The zero-order valence-corrected chi connectivity index (χ0v) is 8.50. The zero-order chi connectivity index (χ0) is 10.5. The number of nitrogens with zero attached hydrogens (tertiary/aromatic N) is 4. The first-order chi connectivity index (χ1) is 7.42. The van der Waals surface area contributed by atoms with E-state index in [4.69, 9.17) is 4.74 Å². The third-order valence-corrected chi connectivity index (χ3v) is 1.85. The van der Waals surface area contributed by atoms with Gasteiger partial charge in [-0.05, 0) is 18.6 Å². The molecule has 15 heavy (non-hydrogen) atoms. The van der Waals surface area contributed by atoms with Crippen molar-refractivity contribution in [1.82, 2.24) is 19.7 Å². The van der Waals surface area contributed by atoms with Crippen molar-refractivity contribution in [2.75, 3.05) is 6.61 Å². The third kappa shape index (κ3) is 2.12. The highest BCUT2D eigenvalue weighted by Crippen LogP contribution is 2.18. The number of aromatic nitrogens is 4. The van der Waals surface area contributed by atoms with Crippen molar-refractivity contribution in [2.24, 2.45) is 0 Å². The van der Waals surface area contributed by atoms with E-state index < -0.39 is 0 Å². The molecule has 0 aliphatic rings. The van der Waals surface area contributed by atoms with Crippen LogP contribution in [0.25, 0.3) is 5.82 Å². The molecule has 2 heterocycles. The van der Waals surface area contributed by atoms with Gasteiger partial charge < -0.3 is 4.74 Å². The van der Waals surface area contributed by atoms with Gasteiger partial charge in [0.25, 0.3) is 0 Å². The normalized spacial score (nSPS) is 10.2. The maximum Gasteiger partial charge on any atom is 0.197 e. The van der Waals surface area contributed by atoms with E-state index in [0.717, 1.165) is 12.2 Å². The van der Waals surface area contributed by atoms with Crippen LogP contribution >= 0.6 is 0 Å². The summed E-state index contributed by atoms with van der Waals surface area (Å²) in [6, 6.07) is 3.71. The Hall–Kier alpha value is -1.91. The predicted molar refractivity (Wildman–Crippen MR) is 54.9 cm³/mol. The molecule has 0 unspecified atom stereocenters. The molecule has 0 aliphatic heterocycles. The number of rotatable bonds is 4. The Labute approximate surface area is 87.7 Å². The second-order valence-electron chi connectivity index (χ2n) is 3.01. The predicted octanol–water partition coefficient (Wildman–Crippen LogP) is 1.45. The van der Waals surface area contributed by atoms with Crippen molar-refractivity contribution in [2.45, 2.75) is 13.3 Å². The summed E-state index contributed by atoms with van der Waals surface area (Å²) >= 11 is 0. The summed E-state index contributed by atoms with van der Waals surface area (Å²) in [5.74, 6) is 1.40. The summed E-state index contributed by atoms with van der Waals surface area (Å²) in [6.07, 6.45) is 5.74. The molecule has 0 amide bonds. The first-order valence-electron chi connectivity index (χ1n) is 4.84. The Morgan fingerprint density at radius 1 is 1.47 bits per heavy atom. The van der Waals surface area contributed by atoms with Gasteiger partial charge in [-0.15, -0.1) is 0 Å². The smallest absolute Gasteiger partial charge is 0.197 e. The highest BCUT2D eigenvalue weighted by atomic mass is 16.5. The highest BCUT2D eigenvalue weighted by molar-refractivity contribution is 5.38. The Morgan fingerprint density at radius 2 is 2.40 bits per heavy atom. The fourth-order valence-corrected chi connectivity index (χ4v) is 1.20. The molecule has 0 saturated heterocycles. The first-order valence-corrected chi connectivity index (χ1v) is 4.84. The zero-order valence-electron chi connectivity index (χ0n) is 8.50. The minimum absolute atomic E-state index is 0.670. The van der Waals surface area contributed by atoms with Crippen molar-refractivity contribution in [3.05, 3.63) is 31.0 Å². The van der Waals surface area contributed by atoms with Gasteiger partial charge in [0.05, 0.1) is 6.61 Å². The molecule has 5 nitrogen and oxygen atoms in total. The molecule has 0 spiro atoms. The van der Waals surface area contributed by atoms with Gasteiger partial charge >= 0.3 is 0 Å². The summed E-state index contributed by atoms with van der Waals surface area (Å²) < 4.78 is 7.15. The molecule has 0 bridgehead atoms. The summed E-state index contributed by atoms with van der Waals surface area (Å²) in [5, 5.41) is 4.02. The highest BCUT2D eigenvalue weighted by Gasteiger charge is 2.06. The van der Waals surface area contributed by atoms with Crippen LogP contribution in [0, 0.1) is 0 Å². The molecular formula is C10H12N4O. The second-order valence-corrected chi connectivity index (χ2v) is 3.01. The molecule has 78 valence electrons. The van der Waals surface area contributed by atoms with E-state index >= 15 is 0 Å². The van der Waals surface area contributed by atoms with Gasteiger partial charge in [0.1, 0.15) is 12.7 Å². The average molecular weight is 204 g/mol. The monoisotopic (exact) mass is 204 g/mol. The summed E-state index contributed by atoms with van der Waals surface area (Å²) in [7, 11) is 0. The van der Waals surface area contributed by atoms with Crippen molar-refractivity contribution in [3.8, 4) is 11.6 Å². The van der Waals surface area contributed by atoms with Crippen LogP contribution in [0.15, 0.2) is 31.0 Å². The maximum atomic E-state index is 5.56. The molecule has 0 atom stereocenters. The second kappa shape index (κ2) is 4.54. The number of hydrogen-bond donors (Lipinski definition) is 0. The van der Waals surface area contributed by atoms with Gasteiger partial charge in [-0.2, -0.15) is 9.78 Å². The van der Waals surface area contributed by atoms with E-state index in [-0.39, 0.29) is 0 Å². The summed E-state index contributed by atoms with van der Waals surface area (Å²) in [4.78, 5) is 8.09. The fourth-order valence-electron chi connectivity index (χ4n) is 1.20. The van der Waals surface area contributed by atoms with Crippen molar-refractivity contribution in [3.63, 3.8) is 0 Å². The van der Waals surface area contributed by atoms with Crippen molar-refractivity contribution in [1.29, 1.82) is 0 Å².